The van der Waals surface area contributed by atoms with Crippen LogP contribution in [0.25, 0.3) is 0 Å². The molecule has 0 saturated heterocycles. The van der Waals surface area contributed by atoms with Gasteiger partial charge in [-0.1, -0.05) is 24.3 Å². The van der Waals surface area contributed by atoms with Gasteiger partial charge in [0.2, 0.25) is 5.91 Å². The summed E-state index contributed by atoms with van der Waals surface area (Å²) in [5.74, 6) is -1.60. The van der Waals surface area contributed by atoms with E-state index in [0.717, 1.165) is 5.56 Å². The third-order valence-corrected chi connectivity index (χ3v) is 4.26. The molecule has 28 heavy (non-hydrogen) atoms. The summed E-state index contributed by atoms with van der Waals surface area (Å²) >= 11 is 0. The maximum Gasteiger partial charge on any atom is 0.310 e. The Morgan fingerprint density at radius 1 is 1.25 bits per heavy atom. The van der Waals surface area contributed by atoms with Gasteiger partial charge in [0, 0.05) is 16.7 Å². The number of rotatable bonds is 4. The maximum atomic E-state index is 12.8. The summed E-state index contributed by atoms with van der Waals surface area (Å²) in [4.78, 5) is 33.5. The number of aliphatic carboxylic acids is 1. The lowest BCUT2D eigenvalue weighted by Crippen LogP contribution is -2.21. The van der Waals surface area contributed by atoms with Crippen molar-refractivity contribution in [3.05, 3.63) is 58.7 Å². The molecule has 1 atom stereocenters. The minimum Gasteiger partial charge on any atom is -0.496 e. The summed E-state index contributed by atoms with van der Waals surface area (Å²) in [7, 11) is 1.45. The number of carboxylic acids is 1. The number of nitrogens with two attached hydrogens (primary N) is 2. The van der Waals surface area contributed by atoms with Crippen LogP contribution >= 0.6 is 0 Å². The van der Waals surface area contributed by atoms with Gasteiger partial charge in [0.1, 0.15) is 18.1 Å². The zero-order valence-electron chi connectivity index (χ0n) is 15.6. The molecular weight excluding hydrogens is 364 g/mol. The number of carboxylic acid groups (broad SMARTS) is 1. The van der Waals surface area contributed by atoms with Crippen molar-refractivity contribution in [1.29, 1.82) is 0 Å². The molecular formula is C20H22N2O6. The van der Waals surface area contributed by atoms with Gasteiger partial charge in [-0.05, 0) is 19.1 Å². The molecule has 0 bridgehead atoms. The van der Waals surface area contributed by atoms with Crippen molar-refractivity contribution in [2.45, 2.75) is 19.4 Å². The van der Waals surface area contributed by atoms with Gasteiger partial charge < -0.3 is 26.0 Å². The minimum atomic E-state index is -0.966. The molecule has 1 amide bonds. The van der Waals surface area contributed by atoms with Crippen LogP contribution in [0.1, 0.15) is 39.9 Å². The summed E-state index contributed by atoms with van der Waals surface area (Å²) in [5, 5.41) is 9.25. The number of benzene rings is 2. The van der Waals surface area contributed by atoms with E-state index in [1.807, 2.05) is 12.1 Å². The fourth-order valence-corrected chi connectivity index (χ4v) is 2.69. The summed E-state index contributed by atoms with van der Waals surface area (Å²) in [5.41, 5.74) is 11.5. The number of primary amides is 1. The van der Waals surface area contributed by atoms with Crippen molar-refractivity contribution in [1.82, 2.24) is 0 Å². The van der Waals surface area contributed by atoms with E-state index in [2.05, 4.69) is 5.73 Å². The monoisotopic (exact) mass is 386 g/mol. The van der Waals surface area contributed by atoms with Crippen LogP contribution < -0.4 is 20.9 Å². The third kappa shape index (κ3) is 4.47. The first-order valence-electron chi connectivity index (χ1n) is 8.48. The summed E-state index contributed by atoms with van der Waals surface area (Å²) in [6.45, 7) is 1.78. The van der Waals surface area contributed by atoms with Gasteiger partial charge in [0.15, 0.2) is 5.78 Å². The predicted molar refractivity (Wildman–Crippen MR) is 102 cm³/mol. The second kappa shape index (κ2) is 9.01. The first kappa shape index (κ1) is 20.9. The normalized spacial score (nSPS) is 12.9. The van der Waals surface area contributed by atoms with Gasteiger partial charge in [-0.2, -0.15) is 0 Å². The molecule has 148 valence electrons. The Kier molecular flexibility index (Phi) is 6.73. The zero-order chi connectivity index (χ0) is 20.8. The van der Waals surface area contributed by atoms with Crippen molar-refractivity contribution < 1.29 is 29.0 Å². The average Bonchev–Trinajstić information content (AvgIpc) is 2.83. The number of hydrogen-bond acceptors (Lipinski definition) is 6. The second-order valence-corrected chi connectivity index (χ2v) is 6.10. The average molecular weight is 386 g/mol. The fourth-order valence-electron chi connectivity index (χ4n) is 2.69. The number of hydrogen-bond donors (Lipinski definition) is 3. The number of methoxy groups -OCH3 is 1. The molecule has 3 rings (SSSR count). The Balaban J connectivity index is 0.000000500. The molecule has 0 aliphatic carbocycles. The van der Waals surface area contributed by atoms with Gasteiger partial charge in [-0.25, -0.2) is 0 Å². The highest BCUT2D eigenvalue weighted by molar-refractivity contribution is 6.12. The molecule has 0 fully saturated rings. The van der Waals surface area contributed by atoms with E-state index in [4.69, 9.17) is 15.2 Å². The SMILES string of the molecule is COc1cc2c(cc1C(C)C(=O)O)OCc1ccccc1C2=O.NCC(N)=O. The van der Waals surface area contributed by atoms with Gasteiger partial charge in [0.25, 0.3) is 0 Å². The largest absolute Gasteiger partial charge is 0.496 e. The quantitative estimate of drug-likeness (QED) is 0.721. The number of ether oxygens (including phenoxy) is 2. The molecule has 5 N–H and O–H groups in total. The van der Waals surface area contributed by atoms with E-state index >= 15 is 0 Å². The van der Waals surface area contributed by atoms with Gasteiger partial charge in [0.05, 0.1) is 25.1 Å². The molecule has 2 aromatic rings. The van der Waals surface area contributed by atoms with E-state index in [0.29, 0.717) is 28.2 Å². The third-order valence-electron chi connectivity index (χ3n) is 4.26. The lowest BCUT2D eigenvalue weighted by molar-refractivity contribution is -0.138. The Morgan fingerprint density at radius 2 is 1.89 bits per heavy atom. The number of ketones is 1. The lowest BCUT2D eigenvalue weighted by atomic mass is 9.94. The van der Waals surface area contributed by atoms with Gasteiger partial charge >= 0.3 is 5.97 Å². The van der Waals surface area contributed by atoms with Crippen LogP contribution in [-0.2, 0) is 16.2 Å². The van der Waals surface area contributed by atoms with Gasteiger partial charge in [-0.15, -0.1) is 0 Å². The Bertz CT molecular complexity index is 910. The molecule has 0 saturated carbocycles. The summed E-state index contributed by atoms with van der Waals surface area (Å²) < 4.78 is 11.0. The topological polar surface area (TPSA) is 142 Å². The van der Waals surface area contributed by atoms with Crippen LogP contribution in [0.2, 0.25) is 0 Å². The van der Waals surface area contributed by atoms with Gasteiger partial charge in [-0.3, -0.25) is 14.4 Å². The fraction of sp³-hybridized carbons (Fsp3) is 0.250. The van der Waals surface area contributed by atoms with Crippen molar-refractivity contribution >= 4 is 17.7 Å². The van der Waals surface area contributed by atoms with Crippen molar-refractivity contribution in [2.24, 2.45) is 11.5 Å². The molecule has 8 nitrogen and oxygen atoms in total. The van der Waals surface area contributed by atoms with Crippen LogP contribution in [0.15, 0.2) is 36.4 Å². The van der Waals surface area contributed by atoms with Crippen molar-refractivity contribution in [3.8, 4) is 11.5 Å². The Hall–Kier alpha value is -3.39. The number of carbonyl (C=O) groups excluding carboxylic acids is 2. The zero-order valence-corrected chi connectivity index (χ0v) is 15.6. The Morgan fingerprint density at radius 3 is 2.46 bits per heavy atom. The molecule has 2 aromatic carbocycles. The summed E-state index contributed by atoms with van der Waals surface area (Å²) in [6.07, 6.45) is 0. The van der Waals surface area contributed by atoms with Crippen LogP contribution in [0.3, 0.4) is 0 Å². The lowest BCUT2D eigenvalue weighted by Gasteiger charge is -2.16. The molecule has 0 radical (unpaired) electrons. The maximum absolute atomic E-state index is 12.8. The molecule has 1 aliphatic heterocycles. The van der Waals surface area contributed by atoms with Crippen molar-refractivity contribution in [3.63, 3.8) is 0 Å². The highest BCUT2D eigenvalue weighted by atomic mass is 16.5. The van der Waals surface area contributed by atoms with Crippen LogP contribution in [0.5, 0.6) is 11.5 Å². The predicted octanol–water partition coefficient (Wildman–Crippen LogP) is 1.44. The molecule has 1 aliphatic rings. The van der Waals surface area contributed by atoms with Crippen LogP contribution in [0, 0.1) is 0 Å². The number of carbonyl (C=O) groups is 3. The standard InChI is InChI=1S/C18H16O5.C2H6N2O/c1-10(18(20)21)13-7-16-14(8-15(13)22-2)17(19)12-6-4-3-5-11(12)9-23-16;3-1-2(4)5/h3-8,10H,9H2,1-2H3,(H,20,21);1,3H2,(H2,4,5). The summed E-state index contributed by atoms with van der Waals surface area (Å²) in [6, 6.07) is 10.4. The van der Waals surface area contributed by atoms with E-state index in [-0.39, 0.29) is 18.9 Å². The molecule has 0 spiro atoms. The second-order valence-electron chi connectivity index (χ2n) is 6.10. The molecule has 8 heteroatoms. The highest BCUT2D eigenvalue weighted by Crippen LogP contribution is 2.37. The van der Waals surface area contributed by atoms with E-state index < -0.39 is 17.8 Å². The van der Waals surface area contributed by atoms with Crippen LogP contribution in [0.4, 0.5) is 0 Å². The van der Waals surface area contributed by atoms with Crippen molar-refractivity contribution in [2.75, 3.05) is 13.7 Å². The smallest absolute Gasteiger partial charge is 0.310 e. The van der Waals surface area contributed by atoms with Crippen LogP contribution in [-0.4, -0.2) is 36.4 Å². The van der Waals surface area contributed by atoms with E-state index in [1.165, 1.54) is 7.11 Å². The first-order valence-corrected chi connectivity index (χ1v) is 8.48. The number of fused-ring (bicyclic) bond motifs is 2. The molecule has 1 unspecified atom stereocenters. The first-order chi connectivity index (χ1) is 13.3. The molecule has 1 heterocycles. The Labute approximate surface area is 162 Å². The van der Waals surface area contributed by atoms with E-state index in [1.54, 1.807) is 31.2 Å². The highest BCUT2D eigenvalue weighted by Gasteiger charge is 2.27. The van der Waals surface area contributed by atoms with E-state index in [9.17, 15) is 19.5 Å². The minimum absolute atomic E-state index is 0.0556. The number of amides is 1. The molecule has 0 aromatic heterocycles.